The van der Waals surface area contributed by atoms with Crippen molar-refractivity contribution < 1.29 is 19.8 Å². The van der Waals surface area contributed by atoms with Gasteiger partial charge in [-0.25, -0.2) is 4.79 Å². The van der Waals surface area contributed by atoms with Crippen LogP contribution in [0.2, 0.25) is 0 Å². The molecule has 4 atom stereocenters. The highest BCUT2D eigenvalue weighted by Gasteiger charge is 2.39. The van der Waals surface area contributed by atoms with Gasteiger partial charge in [0, 0.05) is 23.7 Å². The molecule has 0 spiro atoms. The van der Waals surface area contributed by atoms with Gasteiger partial charge in [0.05, 0.1) is 18.1 Å². The molecule has 1 saturated carbocycles. The first kappa shape index (κ1) is 26.1. The van der Waals surface area contributed by atoms with E-state index in [4.69, 9.17) is 0 Å². The lowest BCUT2D eigenvalue weighted by atomic mass is 9.94. The number of amides is 2. The molecule has 0 unspecified atom stereocenters. The lowest BCUT2D eigenvalue weighted by Gasteiger charge is -2.42. The summed E-state index contributed by atoms with van der Waals surface area (Å²) in [4.78, 5) is 26.2. The van der Waals surface area contributed by atoms with Crippen LogP contribution in [-0.2, 0) is 11.2 Å². The minimum absolute atomic E-state index is 0.0303. The van der Waals surface area contributed by atoms with Crippen LogP contribution in [0.25, 0.3) is 0 Å². The van der Waals surface area contributed by atoms with Crippen molar-refractivity contribution in [2.45, 2.75) is 96.5 Å². The summed E-state index contributed by atoms with van der Waals surface area (Å²) in [6, 6.07) is 8.98. The summed E-state index contributed by atoms with van der Waals surface area (Å²) in [5.74, 6) is -0.114. The Bertz CT molecular complexity index is 755. The molecule has 2 amide bonds. The molecule has 180 valence electrons. The van der Waals surface area contributed by atoms with Gasteiger partial charge in [-0.3, -0.25) is 9.69 Å². The summed E-state index contributed by atoms with van der Waals surface area (Å²) in [6.07, 6.45) is 1.06. The molecule has 1 aliphatic rings. The fraction of sp³-hybridized carbons (Fsp3) is 0.680. The van der Waals surface area contributed by atoms with E-state index >= 15 is 0 Å². The Morgan fingerprint density at radius 1 is 1.09 bits per heavy atom. The van der Waals surface area contributed by atoms with Crippen molar-refractivity contribution >= 4 is 12.0 Å². The highest BCUT2D eigenvalue weighted by atomic mass is 16.4. The number of rotatable bonds is 8. The van der Waals surface area contributed by atoms with E-state index in [9.17, 15) is 19.8 Å². The average molecular weight is 448 g/mol. The molecule has 1 fully saturated rings. The van der Waals surface area contributed by atoms with E-state index in [1.165, 1.54) is 4.90 Å². The van der Waals surface area contributed by atoms with Crippen molar-refractivity contribution in [2.75, 3.05) is 6.54 Å². The van der Waals surface area contributed by atoms with E-state index < -0.39 is 23.8 Å². The van der Waals surface area contributed by atoms with Gasteiger partial charge in [0.25, 0.3) is 0 Å². The fourth-order valence-corrected chi connectivity index (χ4v) is 4.57. The third-order valence-electron chi connectivity index (χ3n) is 5.93. The quantitative estimate of drug-likeness (QED) is 0.489. The van der Waals surface area contributed by atoms with E-state index in [2.05, 4.69) is 10.6 Å². The molecule has 1 aliphatic carbocycles. The van der Waals surface area contributed by atoms with Gasteiger partial charge in [0.1, 0.15) is 0 Å². The minimum atomic E-state index is -1.05. The van der Waals surface area contributed by atoms with E-state index in [0.717, 1.165) is 24.8 Å². The van der Waals surface area contributed by atoms with Crippen LogP contribution < -0.4 is 10.6 Å². The zero-order valence-electron chi connectivity index (χ0n) is 20.4. The van der Waals surface area contributed by atoms with Crippen LogP contribution in [0.15, 0.2) is 30.3 Å². The maximum Gasteiger partial charge on any atom is 0.408 e. The van der Waals surface area contributed by atoms with E-state index in [1.54, 1.807) is 0 Å². The first-order valence-electron chi connectivity index (χ1n) is 11.6. The molecule has 1 aromatic rings. The fourth-order valence-electron chi connectivity index (χ4n) is 4.57. The zero-order chi connectivity index (χ0) is 24.1. The number of aliphatic hydroxyl groups excluding tert-OH is 1. The second kappa shape index (κ2) is 10.7. The van der Waals surface area contributed by atoms with Crippen LogP contribution in [0, 0.1) is 5.92 Å². The lowest BCUT2D eigenvalue weighted by molar-refractivity contribution is -0.126. The van der Waals surface area contributed by atoms with Gasteiger partial charge in [-0.2, -0.15) is 0 Å². The van der Waals surface area contributed by atoms with Gasteiger partial charge in [0.15, 0.2) is 0 Å². The monoisotopic (exact) mass is 447 g/mol. The van der Waals surface area contributed by atoms with Crippen molar-refractivity contribution in [1.29, 1.82) is 0 Å². The molecule has 0 bridgehead atoms. The summed E-state index contributed by atoms with van der Waals surface area (Å²) >= 11 is 0. The topological polar surface area (TPSA) is 102 Å². The number of nitrogens with zero attached hydrogens (tertiary/aromatic N) is 1. The molecule has 32 heavy (non-hydrogen) atoms. The highest BCUT2D eigenvalue weighted by Crippen LogP contribution is 2.27. The van der Waals surface area contributed by atoms with Crippen LogP contribution in [-0.4, -0.2) is 62.9 Å². The maximum absolute atomic E-state index is 12.7. The van der Waals surface area contributed by atoms with E-state index in [-0.39, 0.29) is 30.0 Å². The van der Waals surface area contributed by atoms with Gasteiger partial charge in [-0.05, 0) is 66.4 Å². The molecule has 4 N–H and O–H groups in total. The molecule has 7 heteroatoms. The van der Waals surface area contributed by atoms with Gasteiger partial charge in [0.2, 0.25) is 5.91 Å². The Hall–Kier alpha value is -2.12. The number of carbonyl (C=O) groups excluding carboxylic acids is 1. The first-order valence-corrected chi connectivity index (χ1v) is 11.6. The normalized spacial score (nSPS) is 21.1. The predicted molar refractivity (Wildman–Crippen MR) is 127 cm³/mol. The Balaban J connectivity index is 2.14. The molecule has 1 aromatic carbocycles. The van der Waals surface area contributed by atoms with Crippen LogP contribution >= 0.6 is 0 Å². The van der Waals surface area contributed by atoms with Crippen molar-refractivity contribution in [3.63, 3.8) is 0 Å². The minimum Gasteiger partial charge on any atom is -0.465 e. The van der Waals surface area contributed by atoms with Crippen LogP contribution in [0.4, 0.5) is 4.79 Å². The van der Waals surface area contributed by atoms with E-state index in [0.29, 0.717) is 6.42 Å². The Labute approximate surface area is 192 Å². The smallest absolute Gasteiger partial charge is 0.408 e. The second-order valence-corrected chi connectivity index (χ2v) is 10.9. The van der Waals surface area contributed by atoms with Crippen LogP contribution in [0.5, 0.6) is 0 Å². The molecule has 0 aliphatic heterocycles. The van der Waals surface area contributed by atoms with Gasteiger partial charge in [-0.1, -0.05) is 36.8 Å². The highest BCUT2D eigenvalue weighted by molar-refractivity contribution is 5.80. The summed E-state index contributed by atoms with van der Waals surface area (Å²) < 4.78 is 0. The van der Waals surface area contributed by atoms with Crippen molar-refractivity contribution in [3.8, 4) is 0 Å². The van der Waals surface area contributed by atoms with Gasteiger partial charge < -0.3 is 20.8 Å². The molecule has 0 aromatic heterocycles. The molecule has 0 radical (unpaired) electrons. The number of nitrogens with one attached hydrogen (secondary N) is 2. The van der Waals surface area contributed by atoms with Crippen molar-refractivity contribution in [2.24, 2.45) is 5.92 Å². The number of hydrogen-bond donors (Lipinski definition) is 4. The number of benzene rings is 1. The van der Waals surface area contributed by atoms with Crippen molar-refractivity contribution in [1.82, 2.24) is 15.5 Å². The summed E-state index contributed by atoms with van der Waals surface area (Å²) in [5.41, 5.74) is 0.00359. The van der Waals surface area contributed by atoms with Crippen LogP contribution in [0.3, 0.4) is 0 Å². The molecular formula is C25H41N3O4. The Morgan fingerprint density at radius 2 is 1.72 bits per heavy atom. The molecule has 7 nitrogen and oxygen atoms in total. The number of aliphatic hydroxyl groups is 1. The second-order valence-electron chi connectivity index (χ2n) is 10.9. The third-order valence-corrected chi connectivity index (χ3v) is 5.93. The van der Waals surface area contributed by atoms with Crippen LogP contribution in [0.1, 0.15) is 66.4 Å². The van der Waals surface area contributed by atoms with Crippen molar-refractivity contribution in [3.05, 3.63) is 35.9 Å². The lowest BCUT2D eigenvalue weighted by Crippen LogP contribution is -2.58. The zero-order valence-corrected chi connectivity index (χ0v) is 20.4. The first-order chi connectivity index (χ1) is 14.8. The Morgan fingerprint density at radius 3 is 2.25 bits per heavy atom. The molecule has 0 heterocycles. The largest absolute Gasteiger partial charge is 0.465 e. The maximum atomic E-state index is 12.7. The van der Waals surface area contributed by atoms with Gasteiger partial charge >= 0.3 is 6.09 Å². The summed E-state index contributed by atoms with van der Waals surface area (Å²) in [6.45, 7) is 11.6. The van der Waals surface area contributed by atoms with Gasteiger partial charge in [-0.15, -0.1) is 0 Å². The SMILES string of the molecule is CC(C)(C)NC(=O)[C@@H]1CCC[C@H]1NC[C@H](O)[C@H](Cc1ccccc1)N(C(=O)O)C(C)(C)C. The Kier molecular flexibility index (Phi) is 8.71. The summed E-state index contributed by atoms with van der Waals surface area (Å²) in [5, 5.41) is 27.5. The number of carbonyl (C=O) groups is 2. The summed E-state index contributed by atoms with van der Waals surface area (Å²) in [7, 11) is 0. The predicted octanol–water partition coefficient (Wildman–Crippen LogP) is 3.41. The molecule has 0 saturated heterocycles. The molecule has 2 rings (SSSR count). The number of hydrogen-bond acceptors (Lipinski definition) is 4. The third kappa shape index (κ3) is 7.48. The number of carboxylic acid groups (broad SMARTS) is 1. The standard InChI is InChI=1S/C25H41N3O4/c1-24(2,3)27-22(30)18-13-10-14-19(18)26-16-21(29)20(15-17-11-8-7-9-12-17)28(23(31)32)25(4,5)6/h7-9,11-12,18-21,26,29H,10,13-16H2,1-6H3,(H,27,30)(H,31,32)/t18-,19-,20+,21+/m1/s1. The molecular weight excluding hydrogens is 406 g/mol. The average Bonchev–Trinajstić information content (AvgIpc) is 3.12. The van der Waals surface area contributed by atoms with E-state index in [1.807, 2.05) is 71.9 Å².